The SMILES string of the molecule is CC(C)=NOCn1nnc2ccccc21. The highest BCUT2D eigenvalue weighted by atomic mass is 16.6. The predicted octanol–water partition coefficient (Wildman–Crippen LogP) is 1.80. The van der Waals surface area contributed by atoms with Gasteiger partial charge >= 0.3 is 0 Å². The van der Waals surface area contributed by atoms with Gasteiger partial charge in [-0.15, -0.1) is 5.10 Å². The van der Waals surface area contributed by atoms with Crippen LogP contribution in [0.3, 0.4) is 0 Å². The van der Waals surface area contributed by atoms with Gasteiger partial charge < -0.3 is 4.84 Å². The van der Waals surface area contributed by atoms with Crippen molar-refractivity contribution >= 4 is 16.7 Å². The molecule has 0 spiro atoms. The van der Waals surface area contributed by atoms with E-state index in [9.17, 15) is 0 Å². The number of aromatic nitrogens is 3. The number of fused-ring (bicyclic) bond motifs is 1. The Labute approximate surface area is 87.3 Å². The van der Waals surface area contributed by atoms with Crippen LogP contribution >= 0.6 is 0 Å². The van der Waals surface area contributed by atoms with Crippen LogP contribution in [-0.2, 0) is 11.6 Å². The van der Waals surface area contributed by atoms with E-state index in [1.807, 2.05) is 38.1 Å². The highest BCUT2D eigenvalue weighted by Gasteiger charge is 2.02. The van der Waals surface area contributed by atoms with E-state index >= 15 is 0 Å². The minimum Gasteiger partial charge on any atom is -0.372 e. The second-order valence-corrected chi connectivity index (χ2v) is 3.37. The third-order valence-corrected chi connectivity index (χ3v) is 1.85. The van der Waals surface area contributed by atoms with Gasteiger partial charge in [-0.05, 0) is 26.0 Å². The smallest absolute Gasteiger partial charge is 0.211 e. The van der Waals surface area contributed by atoms with Gasteiger partial charge in [-0.1, -0.05) is 22.5 Å². The first kappa shape index (κ1) is 9.64. The summed E-state index contributed by atoms with van der Waals surface area (Å²) in [4.78, 5) is 5.10. The normalized spacial score (nSPS) is 10.3. The lowest BCUT2D eigenvalue weighted by Gasteiger charge is -2.00. The van der Waals surface area contributed by atoms with Gasteiger partial charge in [0.25, 0.3) is 0 Å². The lowest BCUT2D eigenvalue weighted by Crippen LogP contribution is -2.02. The maximum atomic E-state index is 5.10. The van der Waals surface area contributed by atoms with E-state index < -0.39 is 0 Å². The molecule has 2 rings (SSSR count). The maximum absolute atomic E-state index is 5.10. The lowest BCUT2D eigenvalue weighted by atomic mass is 10.3. The van der Waals surface area contributed by atoms with E-state index in [2.05, 4.69) is 15.5 Å². The van der Waals surface area contributed by atoms with Crippen LogP contribution in [0.4, 0.5) is 0 Å². The number of rotatable bonds is 3. The van der Waals surface area contributed by atoms with Crippen LogP contribution in [0.1, 0.15) is 13.8 Å². The summed E-state index contributed by atoms with van der Waals surface area (Å²) in [6.45, 7) is 4.03. The average Bonchev–Trinajstić information content (AvgIpc) is 2.62. The van der Waals surface area contributed by atoms with Crippen LogP contribution in [0.25, 0.3) is 11.0 Å². The van der Waals surface area contributed by atoms with Crippen LogP contribution in [0.2, 0.25) is 0 Å². The zero-order valence-corrected chi connectivity index (χ0v) is 8.71. The van der Waals surface area contributed by atoms with Gasteiger partial charge in [0, 0.05) is 0 Å². The number of oxime groups is 1. The molecule has 0 bridgehead atoms. The molecular weight excluding hydrogens is 192 g/mol. The molecule has 0 saturated carbocycles. The molecule has 0 saturated heterocycles. The minimum absolute atomic E-state index is 0.283. The van der Waals surface area contributed by atoms with Crippen molar-refractivity contribution in [3.05, 3.63) is 24.3 Å². The summed E-state index contributed by atoms with van der Waals surface area (Å²) in [6, 6.07) is 7.72. The first-order valence-electron chi connectivity index (χ1n) is 4.69. The number of para-hydroxylation sites is 1. The van der Waals surface area contributed by atoms with Crippen LogP contribution in [0, 0.1) is 0 Å². The second-order valence-electron chi connectivity index (χ2n) is 3.37. The Morgan fingerprint density at radius 1 is 1.40 bits per heavy atom. The molecular formula is C10H12N4O. The third-order valence-electron chi connectivity index (χ3n) is 1.85. The Morgan fingerprint density at radius 2 is 2.20 bits per heavy atom. The molecule has 0 unspecified atom stereocenters. The topological polar surface area (TPSA) is 52.3 Å². The Kier molecular flexibility index (Phi) is 2.62. The van der Waals surface area contributed by atoms with Gasteiger partial charge in [-0.2, -0.15) is 0 Å². The van der Waals surface area contributed by atoms with Gasteiger partial charge in [0.2, 0.25) is 6.73 Å². The quantitative estimate of drug-likeness (QED) is 0.566. The molecule has 5 nitrogen and oxygen atoms in total. The van der Waals surface area contributed by atoms with Crippen LogP contribution < -0.4 is 0 Å². The molecule has 0 fully saturated rings. The molecule has 0 aliphatic carbocycles. The van der Waals surface area contributed by atoms with Crippen molar-refractivity contribution in [2.75, 3.05) is 0 Å². The number of nitrogens with zero attached hydrogens (tertiary/aromatic N) is 4. The molecule has 15 heavy (non-hydrogen) atoms. The maximum Gasteiger partial charge on any atom is 0.211 e. The van der Waals surface area contributed by atoms with E-state index in [0.717, 1.165) is 16.7 Å². The van der Waals surface area contributed by atoms with Crippen molar-refractivity contribution in [1.82, 2.24) is 15.0 Å². The van der Waals surface area contributed by atoms with Crippen molar-refractivity contribution < 1.29 is 4.84 Å². The minimum atomic E-state index is 0.283. The summed E-state index contributed by atoms with van der Waals surface area (Å²) in [6.07, 6.45) is 0. The van der Waals surface area contributed by atoms with Crippen molar-refractivity contribution in [3.8, 4) is 0 Å². The lowest BCUT2D eigenvalue weighted by molar-refractivity contribution is 0.0767. The molecule has 0 aliphatic rings. The predicted molar refractivity (Wildman–Crippen MR) is 57.4 cm³/mol. The van der Waals surface area contributed by atoms with E-state index in [1.165, 1.54) is 0 Å². The highest BCUT2D eigenvalue weighted by molar-refractivity contribution is 5.78. The standard InChI is InChI=1S/C10H12N4O/c1-8(2)12-15-7-14-10-6-4-3-5-9(10)11-13-14/h3-6H,7H2,1-2H3. The second kappa shape index (κ2) is 4.08. The summed E-state index contributed by atoms with van der Waals surface area (Å²) in [5.74, 6) is 0. The van der Waals surface area contributed by atoms with Gasteiger partial charge in [0.15, 0.2) is 0 Å². The van der Waals surface area contributed by atoms with Gasteiger partial charge in [0.1, 0.15) is 5.52 Å². The summed E-state index contributed by atoms with van der Waals surface area (Å²) < 4.78 is 1.67. The number of hydrogen-bond acceptors (Lipinski definition) is 4. The molecule has 2 aromatic rings. The molecule has 0 atom stereocenters. The highest BCUT2D eigenvalue weighted by Crippen LogP contribution is 2.09. The van der Waals surface area contributed by atoms with E-state index in [4.69, 9.17) is 4.84 Å². The largest absolute Gasteiger partial charge is 0.372 e. The average molecular weight is 204 g/mol. The number of hydrogen-bond donors (Lipinski definition) is 0. The van der Waals surface area contributed by atoms with Crippen molar-refractivity contribution in [1.29, 1.82) is 0 Å². The van der Waals surface area contributed by atoms with Gasteiger partial charge in [-0.25, -0.2) is 4.68 Å². The third kappa shape index (κ3) is 2.12. The molecule has 0 amide bonds. The molecule has 1 aromatic heterocycles. The summed E-state index contributed by atoms with van der Waals surface area (Å²) >= 11 is 0. The Bertz CT molecular complexity index is 485. The summed E-state index contributed by atoms with van der Waals surface area (Å²) in [7, 11) is 0. The number of benzene rings is 1. The van der Waals surface area contributed by atoms with Crippen LogP contribution in [0.15, 0.2) is 29.4 Å². The summed E-state index contributed by atoms with van der Waals surface area (Å²) in [5, 5.41) is 11.8. The van der Waals surface area contributed by atoms with Crippen LogP contribution in [-0.4, -0.2) is 20.7 Å². The molecule has 1 heterocycles. The first-order chi connectivity index (χ1) is 7.27. The van der Waals surface area contributed by atoms with Crippen molar-refractivity contribution in [3.63, 3.8) is 0 Å². The Balaban J connectivity index is 2.18. The monoisotopic (exact) mass is 204 g/mol. The molecule has 0 aliphatic heterocycles. The summed E-state index contributed by atoms with van der Waals surface area (Å²) in [5.41, 5.74) is 2.68. The fourth-order valence-electron chi connectivity index (χ4n) is 1.23. The molecule has 0 radical (unpaired) electrons. The molecule has 0 N–H and O–H groups in total. The van der Waals surface area contributed by atoms with Crippen molar-refractivity contribution in [2.45, 2.75) is 20.6 Å². The van der Waals surface area contributed by atoms with Crippen molar-refractivity contribution in [2.24, 2.45) is 5.16 Å². The van der Waals surface area contributed by atoms with Crippen LogP contribution in [0.5, 0.6) is 0 Å². The molecule has 1 aromatic carbocycles. The van der Waals surface area contributed by atoms with E-state index in [-0.39, 0.29) is 6.73 Å². The molecule has 5 heteroatoms. The fraction of sp³-hybridized carbons (Fsp3) is 0.300. The first-order valence-corrected chi connectivity index (χ1v) is 4.69. The zero-order chi connectivity index (χ0) is 10.7. The Hall–Kier alpha value is -1.91. The zero-order valence-electron chi connectivity index (χ0n) is 8.71. The van der Waals surface area contributed by atoms with Gasteiger partial charge in [0.05, 0.1) is 11.2 Å². The van der Waals surface area contributed by atoms with E-state index in [1.54, 1.807) is 4.68 Å². The van der Waals surface area contributed by atoms with E-state index in [0.29, 0.717) is 0 Å². The molecule has 78 valence electrons. The van der Waals surface area contributed by atoms with Gasteiger partial charge in [-0.3, -0.25) is 0 Å². The Morgan fingerprint density at radius 3 is 3.00 bits per heavy atom. The fourth-order valence-corrected chi connectivity index (χ4v) is 1.23.